The van der Waals surface area contributed by atoms with Crippen molar-refractivity contribution in [1.82, 2.24) is 0 Å². The normalized spacial score (nSPS) is 10.3. The standard InChI is InChI=1S/C13H9BrFNO4/c14-9-4-5-12(8(6-9)7-17)20-13-10(15)2-1-3-11(13)16(18)19/h1-6,17H,7H2. The third-order valence-corrected chi connectivity index (χ3v) is 3.04. The molecule has 5 nitrogen and oxygen atoms in total. The Morgan fingerprint density at radius 1 is 1.35 bits per heavy atom. The van der Waals surface area contributed by atoms with Crippen molar-refractivity contribution in [3.8, 4) is 11.5 Å². The molecule has 0 aliphatic heterocycles. The van der Waals surface area contributed by atoms with Gasteiger partial charge in [0.05, 0.1) is 11.5 Å². The van der Waals surface area contributed by atoms with Gasteiger partial charge in [-0.25, -0.2) is 4.39 Å². The second-order valence-electron chi connectivity index (χ2n) is 3.86. The molecule has 2 aromatic rings. The van der Waals surface area contributed by atoms with Crippen molar-refractivity contribution in [3.63, 3.8) is 0 Å². The predicted molar refractivity (Wildman–Crippen MR) is 73.2 cm³/mol. The Labute approximate surface area is 121 Å². The number of nitrogens with zero attached hydrogens (tertiary/aromatic N) is 1. The van der Waals surface area contributed by atoms with Gasteiger partial charge in [-0.2, -0.15) is 0 Å². The van der Waals surface area contributed by atoms with Crippen LogP contribution in [0.4, 0.5) is 10.1 Å². The van der Waals surface area contributed by atoms with Crippen LogP contribution in [0.1, 0.15) is 5.56 Å². The average Bonchev–Trinajstić information content (AvgIpc) is 2.42. The van der Waals surface area contributed by atoms with E-state index in [9.17, 15) is 19.6 Å². The van der Waals surface area contributed by atoms with Crippen molar-refractivity contribution in [1.29, 1.82) is 0 Å². The lowest BCUT2D eigenvalue weighted by atomic mass is 10.2. The summed E-state index contributed by atoms with van der Waals surface area (Å²) in [6.07, 6.45) is 0. The summed E-state index contributed by atoms with van der Waals surface area (Å²) in [4.78, 5) is 10.1. The summed E-state index contributed by atoms with van der Waals surface area (Å²) in [5, 5.41) is 20.1. The number of hydrogen-bond donors (Lipinski definition) is 1. The molecule has 7 heteroatoms. The fourth-order valence-corrected chi connectivity index (χ4v) is 2.03. The first kappa shape index (κ1) is 14.4. The number of para-hydroxylation sites is 1. The Kier molecular flexibility index (Phi) is 4.31. The van der Waals surface area contributed by atoms with Gasteiger partial charge in [0, 0.05) is 16.1 Å². The fraction of sp³-hybridized carbons (Fsp3) is 0.0769. The maximum Gasteiger partial charge on any atom is 0.314 e. The van der Waals surface area contributed by atoms with Crippen LogP contribution in [0.3, 0.4) is 0 Å². The summed E-state index contributed by atoms with van der Waals surface area (Å²) in [7, 11) is 0. The zero-order valence-corrected chi connectivity index (χ0v) is 11.6. The molecular weight excluding hydrogens is 333 g/mol. The number of aliphatic hydroxyl groups is 1. The Balaban J connectivity index is 2.47. The Hall–Kier alpha value is -1.99. The number of rotatable bonds is 4. The number of benzene rings is 2. The first-order valence-electron chi connectivity index (χ1n) is 5.53. The van der Waals surface area contributed by atoms with Crippen LogP contribution in [0.5, 0.6) is 11.5 Å². The van der Waals surface area contributed by atoms with E-state index >= 15 is 0 Å². The number of halogens is 2. The van der Waals surface area contributed by atoms with Gasteiger partial charge in [0.2, 0.25) is 5.75 Å². The highest BCUT2D eigenvalue weighted by Gasteiger charge is 2.21. The lowest BCUT2D eigenvalue weighted by molar-refractivity contribution is -0.385. The van der Waals surface area contributed by atoms with Gasteiger partial charge in [0.25, 0.3) is 0 Å². The van der Waals surface area contributed by atoms with E-state index in [1.165, 1.54) is 12.1 Å². The molecule has 0 radical (unpaired) electrons. The highest BCUT2D eigenvalue weighted by molar-refractivity contribution is 9.10. The van der Waals surface area contributed by atoms with Crippen molar-refractivity contribution in [3.05, 3.63) is 62.4 Å². The molecule has 0 heterocycles. The second kappa shape index (κ2) is 5.98. The van der Waals surface area contributed by atoms with E-state index in [4.69, 9.17) is 4.74 Å². The smallest absolute Gasteiger partial charge is 0.314 e. The largest absolute Gasteiger partial charge is 0.447 e. The summed E-state index contributed by atoms with van der Waals surface area (Å²) in [5.74, 6) is -1.16. The maximum atomic E-state index is 13.7. The molecule has 0 atom stereocenters. The van der Waals surface area contributed by atoms with Crippen LogP contribution < -0.4 is 4.74 Å². The van der Waals surface area contributed by atoms with E-state index in [-0.39, 0.29) is 12.4 Å². The molecule has 1 N–H and O–H groups in total. The minimum Gasteiger partial charge on any atom is -0.447 e. The molecule has 0 unspecified atom stereocenters. The van der Waals surface area contributed by atoms with E-state index in [2.05, 4.69) is 15.9 Å². The molecule has 0 aliphatic carbocycles. The molecule has 0 saturated carbocycles. The van der Waals surface area contributed by atoms with Crippen LogP contribution in [-0.2, 0) is 6.61 Å². The fourth-order valence-electron chi connectivity index (χ4n) is 1.62. The highest BCUT2D eigenvalue weighted by atomic mass is 79.9. The zero-order chi connectivity index (χ0) is 14.7. The van der Waals surface area contributed by atoms with Crippen molar-refractivity contribution in [2.75, 3.05) is 0 Å². The van der Waals surface area contributed by atoms with E-state index in [0.717, 1.165) is 12.1 Å². The molecule has 20 heavy (non-hydrogen) atoms. The SMILES string of the molecule is O=[N+]([O-])c1cccc(F)c1Oc1ccc(Br)cc1CO. The number of nitro groups is 1. The van der Waals surface area contributed by atoms with Crippen LogP contribution in [0.15, 0.2) is 40.9 Å². The Morgan fingerprint density at radius 2 is 2.10 bits per heavy atom. The molecule has 0 aliphatic rings. The van der Waals surface area contributed by atoms with Crippen molar-refractivity contribution < 1.29 is 19.2 Å². The lowest BCUT2D eigenvalue weighted by Crippen LogP contribution is -1.98. The summed E-state index contributed by atoms with van der Waals surface area (Å²) >= 11 is 3.23. The first-order valence-corrected chi connectivity index (χ1v) is 6.32. The number of aliphatic hydroxyl groups excluding tert-OH is 1. The van der Waals surface area contributed by atoms with Gasteiger partial charge in [-0.15, -0.1) is 0 Å². The maximum absolute atomic E-state index is 13.7. The summed E-state index contributed by atoms with van der Waals surface area (Å²) in [5.41, 5.74) is -0.0891. The van der Waals surface area contributed by atoms with Gasteiger partial charge in [-0.1, -0.05) is 22.0 Å². The Morgan fingerprint density at radius 3 is 2.75 bits per heavy atom. The predicted octanol–water partition coefficient (Wildman–Crippen LogP) is 3.78. The second-order valence-corrected chi connectivity index (χ2v) is 4.77. The minimum absolute atomic E-state index is 0.156. The molecular formula is C13H9BrFNO4. The quantitative estimate of drug-likeness (QED) is 0.678. The van der Waals surface area contributed by atoms with E-state index in [1.807, 2.05) is 0 Å². The molecule has 0 spiro atoms. The number of nitro benzene ring substituents is 1. The van der Waals surface area contributed by atoms with Crippen molar-refractivity contribution in [2.24, 2.45) is 0 Å². The monoisotopic (exact) mass is 341 g/mol. The van der Waals surface area contributed by atoms with Gasteiger partial charge in [0.15, 0.2) is 5.82 Å². The summed E-state index contributed by atoms with van der Waals surface area (Å²) in [6.45, 7) is -0.336. The summed E-state index contributed by atoms with van der Waals surface area (Å²) in [6, 6.07) is 8.15. The lowest BCUT2D eigenvalue weighted by Gasteiger charge is -2.11. The average molecular weight is 342 g/mol. The van der Waals surface area contributed by atoms with Crippen LogP contribution in [0.2, 0.25) is 0 Å². The number of hydrogen-bond acceptors (Lipinski definition) is 4. The first-order chi connectivity index (χ1) is 9.52. The van der Waals surface area contributed by atoms with Gasteiger partial charge >= 0.3 is 5.69 Å². The van der Waals surface area contributed by atoms with Crippen LogP contribution in [-0.4, -0.2) is 10.0 Å². The molecule has 104 valence electrons. The van der Waals surface area contributed by atoms with Crippen LogP contribution in [0.25, 0.3) is 0 Å². The molecule has 2 aromatic carbocycles. The Bertz CT molecular complexity index is 663. The molecule has 0 bridgehead atoms. The van der Waals surface area contributed by atoms with Gasteiger partial charge < -0.3 is 9.84 Å². The zero-order valence-electron chi connectivity index (χ0n) is 10.0. The minimum atomic E-state index is -0.842. The van der Waals surface area contributed by atoms with Crippen molar-refractivity contribution >= 4 is 21.6 Å². The third kappa shape index (κ3) is 2.94. The molecule has 0 amide bonds. The highest BCUT2D eigenvalue weighted by Crippen LogP contribution is 2.35. The topological polar surface area (TPSA) is 72.6 Å². The van der Waals surface area contributed by atoms with Gasteiger partial charge in [-0.3, -0.25) is 10.1 Å². The van der Waals surface area contributed by atoms with Gasteiger partial charge in [-0.05, 0) is 24.3 Å². The van der Waals surface area contributed by atoms with E-state index in [0.29, 0.717) is 10.0 Å². The summed E-state index contributed by atoms with van der Waals surface area (Å²) < 4.78 is 19.7. The van der Waals surface area contributed by atoms with Crippen LogP contribution in [0, 0.1) is 15.9 Å². The van der Waals surface area contributed by atoms with Crippen molar-refractivity contribution in [2.45, 2.75) is 6.61 Å². The number of ether oxygens (including phenoxy) is 1. The van der Waals surface area contributed by atoms with E-state index < -0.39 is 22.2 Å². The molecule has 0 fully saturated rings. The molecule has 0 saturated heterocycles. The molecule has 0 aromatic heterocycles. The third-order valence-electron chi connectivity index (χ3n) is 2.55. The van der Waals surface area contributed by atoms with Crippen LogP contribution >= 0.6 is 15.9 Å². The molecule has 2 rings (SSSR count). The van der Waals surface area contributed by atoms with Gasteiger partial charge in [0.1, 0.15) is 5.75 Å². The van der Waals surface area contributed by atoms with E-state index in [1.54, 1.807) is 12.1 Å².